The number of halogens is 2. The van der Waals surface area contributed by atoms with Crippen molar-refractivity contribution in [2.24, 2.45) is 5.92 Å². The molecule has 0 bridgehead atoms. The number of hydrogen-bond donors (Lipinski definition) is 1. The van der Waals surface area contributed by atoms with Crippen LogP contribution in [0.4, 0.5) is 0 Å². The third-order valence-corrected chi connectivity index (χ3v) is 5.43. The van der Waals surface area contributed by atoms with Gasteiger partial charge in [0.1, 0.15) is 0 Å². The molecule has 5 heteroatoms. The molecule has 1 aromatic carbocycles. The monoisotopic (exact) mass is 340 g/mol. The molecule has 120 valence electrons. The predicted octanol–water partition coefficient (Wildman–Crippen LogP) is 3.83. The first-order valence-corrected chi connectivity index (χ1v) is 8.82. The molecule has 22 heavy (non-hydrogen) atoms. The van der Waals surface area contributed by atoms with Gasteiger partial charge in [0.05, 0.1) is 6.04 Å². The van der Waals surface area contributed by atoms with Gasteiger partial charge in [0.15, 0.2) is 0 Å². The summed E-state index contributed by atoms with van der Waals surface area (Å²) in [6.07, 6.45) is 3.82. The van der Waals surface area contributed by atoms with E-state index in [1.165, 1.54) is 5.56 Å². The second-order valence-corrected chi connectivity index (χ2v) is 7.14. The Kier molecular flexibility index (Phi) is 4.96. The minimum atomic E-state index is 0.0252. The summed E-state index contributed by atoms with van der Waals surface area (Å²) in [5.74, 6) is 0.429. The number of fused-ring (bicyclic) bond motifs is 1. The van der Waals surface area contributed by atoms with E-state index in [1.54, 1.807) is 6.07 Å². The van der Waals surface area contributed by atoms with Crippen molar-refractivity contribution in [1.29, 1.82) is 0 Å². The van der Waals surface area contributed by atoms with Crippen LogP contribution in [-0.2, 0) is 11.2 Å². The van der Waals surface area contributed by atoms with Crippen LogP contribution in [0.25, 0.3) is 0 Å². The first-order chi connectivity index (χ1) is 10.6. The van der Waals surface area contributed by atoms with Gasteiger partial charge in [-0.05, 0) is 69.0 Å². The average Bonchev–Trinajstić information content (AvgIpc) is 2.75. The van der Waals surface area contributed by atoms with Crippen LogP contribution >= 0.6 is 23.2 Å². The van der Waals surface area contributed by atoms with Crippen LogP contribution in [0.5, 0.6) is 0 Å². The fourth-order valence-corrected chi connectivity index (χ4v) is 4.40. The van der Waals surface area contributed by atoms with Crippen molar-refractivity contribution in [3.8, 4) is 0 Å². The molecular formula is C17H22Cl2N2O. The molecule has 1 saturated heterocycles. The van der Waals surface area contributed by atoms with Crippen LogP contribution in [0.2, 0.25) is 10.0 Å². The SMILES string of the molecule is C[C@H]1c2c(Cl)cc(Cl)cc2CCN1C(=O)C1CCCNCC1. The molecule has 2 atom stereocenters. The van der Waals surface area contributed by atoms with Crippen molar-refractivity contribution in [3.05, 3.63) is 33.3 Å². The van der Waals surface area contributed by atoms with Crippen LogP contribution in [0, 0.1) is 5.92 Å². The van der Waals surface area contributed by atoms with Gasteiger partial charge < -0.3 is 10.2 Å². The number of carbonyl (C=O) groups excluding carboxylic acids is 1. The molecule has 1 fully saturated rings. The van der Waals surface area contributed by atoms with Crippen molar-refractivity contribution < 1.29 is 4.79 Å². The number of carbonyl (C=O) groups is 1. The number of nitrogens with one attached hydrogen (secondary N) is 1. The highest BCUT2D eigenvalue weighted by Gasteiger charge is 2.33. The third-order valence-electron chi connectivity index (χ3n) is 4.90. The summed E-state index contributed by atoms with van der Waals surface area (Å²) in [5.41, 5.74) is 2.24. The lowest BCUT2D eigenvalue weighted by molar-refractivity contribution is -0.138. The Morgan fingerprint density at radius 3 is 2.91 bits per heavy atom. The summed E-state index contributed by atoms with van der Waals surface area (Å²) >= 11 is 12.5. The Hall–Kier alpha value is -0.770. The number of amides is 1. The van der Waals surface area contributed by atoms with E-state index in [-0.39, 0.29) is 17.9 Å². The molecule has 2 heterocycles. The van der Waals surface area contributed by atoms with E-state index in [4.69, 9.17) is 23.2 Å². The standard InChI is InChI=1S/C17H22Cl2N2O/c1-11-16-13(9-14(18)10-15(16)19)5-8-21(11)17(22)12-3-2-6-20-7-4-12/h9-12,20H,2-8H2,1H3/t11-,12?/m0/s1. The summed E-state index contributed by atoms with van der Waals surface area (Å²) in [4.78, 5) is 14.9. The number of nitrogens with zero attached hydrogens (tertiary/aromatic N) is 1. The maximum atomic E-state index is 12.9. The molecule has 2 aliphatic rings. The van der Waals surface area contributed by atoms with E-state index in [0.717, 1.165) is 50.9 Å². The second-order valence-electron chi connectivity index (χ2n) is 6.30. The normalized spacial score (nSPS) is 25.5. The topological polar surface area (TPSA) is 32.3 Å². The smallest absolute Gasteiger partial charge is 0.226 e. The lowest BCUT2D eigenvalue weighted by Crippen LogP contribution is -2.42. The largest absolute Gasteiger partial charge is 0.335 e. The lowest BCUT2D eigenvalue weighted by Gasteiger charge is -2.38. The van der Waals surface area contributed by atoms with E-state index in [2.05, 4.69) is 12.2 Å². The van der Waals surface area contributed by atoms with Crippen molar-refractivity contribution in [1.82, 2.24) is 10.2 Å². The molecule has 0 aliphatic carbocycles. The fraction of sp³-hybridized carbons (Fsp3) is 0.588. The zero-order valence-electron chi connectivity index (χ0n) is 12.9. The van der Waals surface area contributed by atoms with Gasteiger partial charge in [0.25, 0.3) is 0 Å². The Morgan fingerprint density at radius 2 is 2.09 bits per heavy atom. The van der Waals surface area contributed by atoms with E-state index in [9.17, 15) is 4.79 Å². The van der Waals surface area contributed by atoms with Crippen LogP contribution in [0.15, 0.2) is 12.1 Å². The molecule has 1 unspecified atom stereocenters. The Bertz CT molecular complexity index is 568. The zero-order chi connectivity index (χ0) is 15.7. The van der Waals surface area contributed by atoms with Gasteiger partial charge in [0, 0.05) is 22.5 Å². The molecule has 0 spiro atoms. The van der Waals surface area contributed by atoms with E-state index in [0.29, 0.717) is 10.0 Å². The van der Waals surface area contributed by atoms with Crippen LogP contribution in [-0.4, -0.2) is 30.4 Å². The van der Waals surface area contributed by atoms with Gasteiger partial charge in [0.2, 0.25) is 5.91 Å². The highest BCUT2D eigenvalue weighted by atomic mass is 35.5. The zero-order valence-corrected chi connectivity index (χ0v) is 14.4. The summed E-state index contributed by atoms with van der Waals surface area (Å²) < 4.78 is 0. The molecule has 3 nitrogen and oxygen atoms in total. The highest BCUT2D eigenvalue weighted by molar-refractivity contribution is 6.35. The minimum absolute atomic E-state index is 0.0252. The van der Waals surface area contributed by atoms with E-state index in [1.807, 2.05) is 11.0 Å². The predicted molar refractivity (Wildman–Crippen MR) is 90.5 cm³/mol. The molecule has 1 aromatic rings. The quantitative estimate of drug-likeness (QED) is 0.842. The highest BCUT2D eigenvalue weighted by Crippen LogP contribution is 2.38. The molecule has 0 aromatic heterocycles. The fourth-order valence-electron chi connectivity index (χ4n) is 3.70. The second kappa shape index (κ2) is 6.77. The van der Waals surface area contributed by atoms with Gasteiger partial charge in [-0.1, -0.05) is 23.2 Å². The summed E-state index contributed by atoms with van der Waals surface area (Å²) in [6, 6.07) is 3.79. The van der Waals surface area contributed by atoms with Gasteiger partial charge >= 0.3 is 0 Å². The first-order valence-electron chi connectivity index (χ1n) is 8.07. The van der Waals surface area contributed by atoms with Gasteiger partial charge in [-0.3, -0.25) is 4.79 Å². The number of hydrogen-bond acceptors (Lipinski definition) is 2. The molecule has 0 saturated carbocycles. The van der Waals surface area contributed by atoms with E-state index < -0.39 is 0 Å². The molecule has 3 rings (SSSR count). The maximum absolute atomic E-state index is 12.9. The number of rotatable bonds is 1. The molecule has 0 radical (unpaired) electrons. The van der Waals surface area contributed by atoms with Crippen LogP contribution < -0.4 is 5.32 Å². The van der Waals surface area contributed by atoms with Crippen molar-refractivity contribution in [2.45, 2.75) is 38.6 Å². The summed E-state index contributed by atoms with van der Waals surface area (Å²) in [5, 5.41) is 4.72. The maximum Gasteiger partial charge on any atom is 0.226 e. The molecular weight excluding hydrogens is 319 g/mol. The van der Waals surface area contributed by atoms with Crippen LogP contribution in [0.1, 0.15) is 43.4 Å². The van der Waals surface area contributed by atoms with Crippen molar-refractivity contribution >= 4 is 29.1 Å². The molecule has 1 amide bonds. The van der Waals surface area contributed by atoms with Gasteiger partial charge in [-0.15, -0.1) is 0 Å². The average molecular weight is 341 g/mol. The molecule has 1 N–H and O–H groups in total. The number of benzene rings is 1. The van der Waals surface area contributed by atoms with E-state index >= 15 is 0 Å². The van der Waals surface area contributed by atoms with Crippen molar-refractivity contribution in [3.63, 3.8) is 0 Å². The molecule has 2 aliphatic heterocycles. The minimum Gasteiger partial charge on any atom is -0.335 e. The Morgan fingerprint density at radius 1 is 1.27 bits per heavy atom. The van der Waals surface area contributed by atoms with Gasteiger partial charge in [-0.2, -0.15) is 0 Å². The van der Waals surface area contributed by atoms with Crippen molar-refractivity contribution in [2.75, 3.05) is 19.6 Å². The lowest BCUT2D eigenvalue weighted by atomic mass is 9.90. The summed E-state index contributed by atoms with van der Waals surface area (Å²) in [7, 11) is 0. The Labute approximate surface area is 142 Å². The Balaban J connectivity index is 1.82. The van der Waals surface area contributed by atoms with Crippen LogP contribution in [0.3, 0.4) is 0 Å². The first kappa shape index (κ1) is 16.1. The van der Waals surface area contributed by atoms with Gasteiger partial charge in [-0.25, -0.2) is 0 Å². The summed E-state index contributed by atoms with van der Waals surface area (Å²) in [6.45, 7) is 4.79. The third kappa shape index (κ3) is 3.12.